The molecule has 0 unspecified atom stereocenters. The molecule has 1 N–H and O–H groups in total. The van der Waals surface area contributed by atoms with Gasteiger partial charge in [0.2, 0.25) is 0 Å². The largest absolute Gasteiger partial charge is 0.489 e. The number of piperazine rings is 1. The van der Waals surface area contributed by atoms with Gasteiger partial charge in [0, 0.05) is 43.9 Å². The van der Waals surface area contributed by atoms with E-state index in [-0.39, 0.29) is 42.3 Å². The molecule has 2 heterocycles. The van der Waals surface area contributed by atoms with Crippen LogP contribution in [0.5, 0.6) is 5.75 Å². The molecule has 0 spiro atoms. The third kappa shape index (κ3) is 7.46. The summed E-state index contributed by atoms with van der Waals surface area (Å²) in [5, 5.41) is 3.45. The molecule has 224 valence electrons. The van der Waals surface area contributed by atoms with Crippen molar-refractivity contribution in [2.24, 2.45) is 0 Å². The molecule has 0 saturated carbocycles. The van der Waals surface area contributed by atoms with Gasteiger partial charge in [0.15, 0.2) is 11.0 Å². The van der Waals surface area contributed by atoms with Gasteiger partial charge < -0.3 is 19.4 Å². The normalized spacial score (nSPS) is 13.4. The zero-order valence-corrected chi connectivity index (χ0v) is 25.9. The van der Waals surface area contributed by atoms with Crippen molar-refractivity contribution in [2.75, 3.05) is 44.2 Å². The molecule has 0 aliphatic carbocycles. The van der Waals surface area contributed by atoms with Crippen molar-refractivity contribution < 1.29 is 13.9 Å². The minimum atomic E-state index is -0.233. The number of hydrogen-bond acceptors (Lipinski definition) is 6. The number of nitrogens with one attached hydrogen (secondary N) is 1. The van der Waals surface area contributed by atoms with Crippen molar-refractivity contribution >= 4 is 47.4 Å². The Morgan fingerprint density at radius 3 is 2.33 bits per heavy atom. The second-order valence-electron chi connectivity index (χ2n) is 10.5. The summed E-state index contributed by atoms with van der Waals surface area (Å²) in [5.74, 6) is 1.20. The molecule has 5 rings (SSSR count). The minimum absolute atomic E-state index is 0. The monoisotopic (exact) mass is 611 g/mol. The highest BCUT2D eigenvalue weighted by Gasteiger charge is 2.21. The van der Waals surface area contributed by atoms with Gasteiger partial charge in [0.25, 0.3) is 5.91 Å². The summed E-state index contributed by atoms with van der Waals surface area (Å²) < 4.78 is 12.2. The molecule has 1 amide bonds. The van der Waals surface area contributed by atoms with Gasteiger partial charge >= 0.3 is 0 Å². The Balaban J connectivity index is 0.00000242. The lowest BCUT2D eigenvalue weighted by atomic mass is 10.0. The number of halogens is 2. The SMILES string of the molecule is Cc1c(-c2ccccc2)oc2c(C(=O)NCCCN3CCN(c4ccccc4OC(C)C)CC3)cccc2c1=O.Cl.Cl. The summed E-state index contributed by atoms with van der Waals surface area (Å²) in [4.78, 5) is 31.1. The van der Waals surface area contributed by atoms with Crippen molar-refractivity contribution in [3.05, 3.63) is 94.1 Å². The van der Waals surface area contributed by atoms with Gasteiger partial charge in [-0.15, -0.1) is 24.8 Å². The highest BCUT2D eigenvalue weighted by Crippen LogP contribution is 2.30. The van der Waals surface area contributed by atoms with E-state index in [2.05, 4.69) is 27.2 Å². The number of para-hydroxylation sites is 3. The van der Waals surface area contributed by atoms with Gasteiger partial charge in [0.1, 0.15) is 11.5 Å². The van der Waals surface area contributed by atoms with E-state index in [1.54, 1.807) is 25.1 Å². The number of ether oxygens (including phenoxy) is 1. The number of carbonyl (C=O) groups is 1. The first kappa shape index (κ1) is 33.0. The molecule has 1 fully saturated rings. The van der Waals surface area contributed by atoms with Crippen LogP contribution in [0.1, 0.15) is 36.2 Å². The van der Waals surface area contributed by atoms with Gasteiger partial charge in [0.05, 0.1) is 22.7 Å². The van der Waals surface area contributed by atoms with Crippen molar-refractivity contribution in [2.45, 2.75) is 33.3 Å². The Morgan fingerprint density at radius 1 is 0.929 bits per heavy atom. The van der Waals surface area contributed by atoms with Gasteiger partial charge in [-0.25, -0.2) is 0 Å². The average Bonchev–Trinajstić information content (AvgIpc) is 2.97. The molecule has 0 radical (unpaired) electrons. The Morgan fingerprint density at radius 2 is 1.62 bits per heavy atom. The molecular weight excluding hydrogens is 573 g/mol. The molecule has 1 aromatic heterocycles. The zero-order valence-electron chi connectivity index (χ0n) is 24.3. The van der Waals surface area contributed by atoms with Crippen molar-refractivity contribution in [1.82, 2.24) is 10.2 Å². The number of nitrogens with zero attached hydrogens (tertiary/aromatic N) is 2. The van der Waals surface area contributed by atoms with Crippen molar-refractivity contribution in [3.8, 4) is 17.1 Å². The van der Waals surface area contributed by atoms with Crippen molar-refractivity contribution in [3.63, 3.8) is 0 Å². The molecule has 1 aliphatic heterocycles. The van der Waals surface area contributed by atoms with E-state index in [1.165, 1.54) is 0 Å². The topological polar surface area (TPSA) is 75.0 Å². The average molecular weight is 613 g/mol. The summed E-state index contributed by atoms with van der Waals surface area (Å²) in [7, 11) is 0. The van der Waals surface area contributed by atoms with E-state index in [9.17, 15) is 9.59 Å². The smallest absolute Gasteiger partial charge is 0.255 e. The number of carbonyl (C=O) groups excluding carboxylic acids is 1. The summed E-state index contributed by atoms with van der Waals surface area (Å²) in [5.41, 5.74) is 3.08. The second kappa shape index (κ2) is 15.1. The summed E-state index contributed by atoms with van der Waals surface area (Å²) >= 11 is 0. The molecule has 0 bridgehead atoms. The molecule has 4 aromatic rings. The molecular formula is C33H39Cl2N3O4. The quantitative estimate of drug-likeness (QED) is 0.223. The summed E-state index contributed by atoms with van der Waals surface area (Å²) in [6.45, 7) is 11.1. The highest BCUT2D eigenvalue weighted by molar-refractivity contribution is 6.05. The van der Waals surface area contributed by atoms with E-state index in [4.69, 9.17) is 9.15 Å². The fourth-order valence-electron chi connectivity index (χ4n) is 5.24. The highest BCUT2D eigenvalue weighted by atomic mass is 35.5. The molecule has 1 aliphatic rings. The molecule has 42 heavy (non-hydrogen) atoms. The standard InChI is InChI=1S/C33H37N3O4.2ClH/c1-23(2)39-29-16-8-7-15-28(29)36-21-19-35(20-22-36)18-10-17-34-33(38)27-14-9-13-26-30(37)24(3)31(40-32(26)27)25-11-5-4-6-12-25;;/h4-9,11-16,23H,10,17-22H2,1-3H3,(H,34,38);2*1H. The second-order valence-corrected chi connectivity index (χ2v) is 10.5. The summed E-state index contributed by atoms with van der Waals surface area (Å²) in [6.07, 6.45) is 0.972. The maximum absolute atomic E-state index is 13.2. The van der Waals surface area contributed by atoms with Crippen LogP contribution in [0.15, 0.2) is 82.0 Å². The molecule has 7 nitrogen and oxygen atoms in total. The lowest BCUT2D eigenvalue weighted by Gasteiger charge is -2.37. The maximum Gasteiger partial charge on any atom is 0.255 e. The first-order chi connectivity index (χ1) is 19.4. The van der Waals surface area contributed by atoms with Crippen LogP contribution in [0.4, 0.5) is 5.69 Å². The van der Waals surface area contributed by atoms with E-state index in [0.29, 0.717) is 34.4 Å². The zero-order chi connectivity index (χ0) is 28.1. The van der Waals surface area contributed by atoms with Crippen LogP contribution in [0.3, 0.4) is 0 Å². The maximum atomic E-state index is 13.2. The predicted octanol–water partition coefficient (Wildman–Crippen LogP) is 6.34. The van der Waals surface area contributed by atoms with Crippen LogP contribution < -0.4 is 20.4 Å². The number of hydrogen-bond donors (Lipinski definition) is 1. The third-order valence-corrected chi connectivity index (χ3v) is 7.30. The molecule has 3 aromatic carbocycles. The van der Waals surface area contributed by atoms with E-state index >= 15 is 0 Å². The lowest BCUT2D eigenvalue weighted by Crippen LogP contribution is -2.47. The predicted molar refractivity (Wildman–Crippen MR) is 175 cm³/mol. The van der Waals surface area contributed by atoms with Gasteiger partial charge in [-0.1, -0.05) is 48.5 Å². The fourth-order valence-corrected chi connectivity index (χ4v) is 5.24. The van der Waals surface area contributed by atoms with Crippen LogP contribution in [-0.4, -0.2) is 56.2 Å². The first-order valence-electron chi connectivity index (χ1n) is 14.1. The number of fused-ring (bicyclic) bond motifs is 1. The number of benzene rings is 3. The van der Waals surface area contributed by atoms with E-state index in [1.807, 2.05) is 56.3 Å². The van der Waals surface area contributed by atoms with E-state index < -0.39 is 0 Å². The Hall–Kier alpha value is -3.52. The summed E-state index contributed by atoms with van der Waals surface area (Å²) in [6, 6.07) is 22.9. The Bertz CT molecular complexity index is 1530. The van der Waals surface area contributed by atoms with E-state index in [0.717, 1.165) is 56.1 Å². The first-order valence-corrected chi connectivity index (χ1v) is 14.1. The lowest BCUT2D eigenvalue weighted by molar-refractivity contribution is 0.0952. The Kier molecular flexibility index (Phi) is 11.9. The Labute approximate surface area is 259 Å². The van der Waals surface area contributed by atoms with Crippen LogP contribution >= 0.6 is 24.8 Å². The van der Waals surface area contributed by atoms with Crippen molar-refractivity contribution in [1.29, 1.82) is 0 Å². The number of rotatable bonds is 9. The number of anilines is 1. The van der Waals surface area contributed by atoms with Gasteiger partial charge in [-0.2, -0.15) is 0 Å². The molecule has 0 atom stereocenters. The molecule has 1 saturated heterocycles. The van der Waals surface area contributed by atoms with Crippen LogP contribution in [-0.2, 0) is 0 Å². The minimum Gasteiger partial charge on any atom is -0.489 e. The fraction of sp³-hybridized carbons (Fsp3) is 0.333. The molecule has 9 heteroatoms. The van der Waals surface area contributed by atoms with Crippen LogP contribution in [0.25, 0.3) is 22.3 Å². The van der Waals surface area contributed by atoms with Crippen LogP contribution in [0, 0.1) is 6.92 Å². The van der Waals surface area contributed by atoms with Gasteiger partial charge in [-0.3, -0.25) is 14.5 Å². The van der Waals surface area contributed by atoms with Crippen LogP contribution in [0.2, 0.25) is 0 Å². The van der Waals surface area contributed by atoms with Gasteiger partial charge in [-0.05, 0) is 58.0 Å². The third-order valence-electron chi connectivity index (χ3n) is 7.30. The number of amides is 1.